The number of furan rings is 1. The molecule has 0 aliphatic carbocycles. The molecule has 1 aliphatic heterocycles. The maximum absolute atomic E-state index is 12.7. The zero-order valence-corrected chi connectivity index (χ0v) is 18.6. The predicted molar refractivity (Wildman–Crippen MR) is 122 cm³/mol. The second-order valence-corrected chi connectivity index (χ2v) is 10.5. The molecule has 1 aromatic heterocycles. The molecule has 9 nitrogen and oxygen atoms in total. The summed E-state index contributed by atoms with van der Waals surface area (Å²) >= 11 is 0. The first-order valence-electron chi connectivity index (χ1n) is 9.84. The van der Waals surface area contributed by atoms with Crippen molar-refractivity contribution < 1.29 is 30.7 Å². The number of anilines is 2. The normalized spacial score (nSPS) is 13.6. The van der Waals surface area contributed by atoms with Gasteiger partial charge in [0.25, 0.3) is 20.0 Å². The van der Waals surface area contributed by atoms with E-state index in [1.807, 2.05) is 0 Å². The lowest BCUT2D eigenvalue weighted by atomic mass is 10.3. The Bertz CT molecular complexity index is 1510. The van der Waals surface area contributed by atoms with Gasteiger partial charge >= 0.3 is 0 Å². The summed E-state index contributed by atoms with van der Waals surface area (Å²) in [5, 5.41) is 0.453. The van der Waals surface area contributed by atoms with E-state index in [4.69, 9.17) is 13.9 Å². The summed E-state index contributed by atoms with van der Waals surface area (Å²) in [4.78, 5) is 0.0152. The highest BCUT2D eigenvalue weighted by Gasteiger charge is 2.21. The highest BCUT2D eigenvalue weighted by molar-refractivity contribution is 7.93. The van der Waals surface area contributed by atoms with Gasteiger partial charge in [-0.25, -0.2) is 8.42 Å². The van der Waals surface area contributed by atoms with Gasteiger partial charge in [-0.2, -0.15) is 8.42 Å². The Balaban J connectivity index is 1.32. The fourth-order valence-electron chi connectivity index (χ4n) is 3.31. The van der Waals surface area contributed by atoms with Crippen molar-refractivity contribution in [2.45, 2.75) is 9.99 Å². The molecule has 0 spiro atoms. The molecule has 0 radical (unpaired) electrons. The van der Waals surface area contributed by atoms with E-state index >= 15 is 0 Å². The molecule has 0 bridgehead atoms. The van der Waals surface area contributed by atoms with Crippen LogP contribution >= 0.6 is 0 Å². The average molecular weight is 487 g/mol. The molecule has 2 N–H and O–H groups in total. The maximum atomic E-state index is 12.7. The molecule has 3 aromatic carbocycles. The van der Waals surface area contributed by atoms with Crippen molar-refractivity contribution in [1.82, 2.24) is 0 Å². The zero-order chi connectivity index (χ0) is 23.1. The Hall–Kier alpha value is -3.70. The standard InChI is InChI=1S/C22H18N2O7S2/c25-32(26,18-9-10-20-21(14-18)30-12-11-29-20)23-16-5-7-17(8-6-16)24-33(27,28)22-13-15-3-1-2-4-19(15)31-22/h1-10,13-14,23-24H,11-12H2. The fourth-order valence-corrected chi connectivity index (χ4v) is 5.41. The van der Waals surface area contributed by atoms with E-state index in [0.717, 1.165) is 0 Å². The summed E-state index contributed by atoms with van der Waals surface area (Å²) in [5.41, 5.74) is 0.969. The number of sulfonamides is 2. The molecular formula is C22H18N2O7S2. The lowest BCUT2D eigenvalue weighted by Crippen LogP contribution is -2.17. The molecule has 4 aromatic rings. The van der Waals surface area contributed by atoms with Gasteiger partial charge in [0.2, 0.25) is 5.09 Å². The number of rotatable bonds is 6. The molecular weight excluding hydrogens is 468 g/mol. The predicted octanol–water partition coefficient (Wildman–Crippen LogP) is 3.81. The topological polar surface area (TPSA) is 124 Å². The van der Waals surface area contributed by atoms with Crippen LogP contribution < -0.4 is 18.9 Å². The van der Waals surface area contributed by atoms with Gasteiger partial charge in [0.1, 0.15) is 18.8 Å². The summed E-state index contributed by atoms with van der Waals surface area (Å²) in [6.07, 6.45) is 0. The van der Waals surface area contributed by atoms with Gasteiger partial charge in [-0.05, 0) is 42.5 Å². The number of nitrogens with one attached hydrogen (secondary N) is 2. The Morgan fingerprint density at radius 2 is 1.30 bits per heavy atom. The van der Waals surface area contributed by atoms with Crippen LogP contribution in [0.3, 0.4) is 0 Å². The molecule has 0 atom stereocenters. The molecule has 11 heteroatoms. The summed E-state index contributed by atoms with van der Waals surface area (Å²) < 4.78 is 71.9. The minimum atomic E-state index is -3.96. The third-order valence-electron chi connectivity index (χ3n) is 4.88. The van der Waals surface area contributed by atoms with E-state index in [1.165, 1.54) is 42.5 Å². The van der Waals surface area contributed by atoms with Gasteiger partial charge in [-0.15, -0.1) is 0 Å². The fraction of sp³-hybridized carbons (Fsp3) is 0.0909. The number of para-hydroxylation sites is 1. The molecule has 5 rings (SSSR count). The minimum Gasteiger partial charge on any atom is -0.486 e. The Morgan fingerprint density at radius 3 is 2.00 bits per heavy atom. The van der Waals surface area contributed by atoms with Gasteiger partial charge in [-0.3, -0.25) is 9.44 Å². The number of fused-ring (bicyclic) bond motifs is 2. The van der Waals surface area contributed by atoms with Gasteiger partial charge in [0.15, 0.2) is 11.5 Å². The zero-order valence-electron chi connectivity index (χ0n) is 17.0. The number of hydrogen-bond acceptors (Lipinski definition) is 7. The van der Waals surface area contributed by atoms with E-state index in [1.54, 1.807) is 30.3 Å². The van der Waals surface area contributed by atoms with Crippen molar-refractivity contribution >= 4 is 42.4 Å². The number of ether oxygens (including phenoxy) is 2. The average Bonchev–Trinajstić information content (AvgIpc) is 3.25. The van der Waals surface area contributed by atoms with Crippen molar-refractivity contribution in [3.63, 3.8) is 0 Å². The first-order valence-corrected chi connectivity index (χ1v) is 12.8. The summed E-state index contributed by atoms with van der Waals surface area (Å²) in [5.74, 6) is 0.848. The lowest BCUT2D eigenvalue weighted by Gasteiger charge is -2.19. The monoisotopic (exact) mass is 486 g/mol. The van der Waals surface area contributed by atoms with E-state index in [9.17, 15) is 16.8 Å². The third-order valence-corrected chi connectivity index (χ3v) is 7.50. The van der Waals surface area contributed by atoms with Crippen molar-refractivity contribution in [2.24, 2.45) is 0 Å². The van der Waals surface area contributed by atoms with E-state index in [2.05, 4.69) is 9.44 Å². The summed E-state index contributed by atoms with van der Waals surface area (Å²) in [6, 6.07) is 18.6. The van der Waals surface area contributed by atoms with Crippen molar-refractivity contribution in [1.29, 1.82) is 0 Å². The Labute approximate surface area is 190 Å². The lowest BCUT2D eigenvalue weighted by molar-refractivity contribution is 0.171. The van der Waals surface area contributed by atoms with Gasteiger partial charge < -0.3 is 13.9 Å². The van der Waals surface area contributed by atoms with Crippen LogP contribution in [-0.4, -0.2) is 30.0 Å². The van der Waals surface area contributed by atoms with Crippen LogP contribution in [0.25, 0.3) is 11.0 Å². The van der Waals surface area contributed by atoms with Crippen molar-refractivity contribution in [2.75, 3.05) is 22.7 Å². The van der Waals surface area contributed by atoms with Gasteiger partial charge in [0.05, 0.1) is 4.90 Å². The minimum absolute atomic E-state index is 0.0152. The third kappa shape index (κ3) is 4.32. The second kappa shape index (κ2) is 8.01. The highest BCUT2D eigenvalue weighted by Crippen LogP contribution is 2.33. The summed E-state index contributed by atoms with van der Waals surface area (Å²) in [6.45, 7) is 0.749. The van der Waals surface area contributed by atoms with Gasteiger partial charge in [-0.1, -0.05) is 18.2 Å². The molecule has 0 saturated carbocycles. The quantitative estimate of drug-likeness (QED) is 0.425. The van der Waals surface area contributed by atoms with Crippen LogP contribution in [0.5, 0.6) is 11.5 Å². The van der Waals surface area contributed by atoms with Crippen LogP contribution in [0.2, 0.25) is 0 Å². The molecule has 1 aliphatic rings. The molecule has 0 saturated heterocycles. The molecule has 0 unspecified atom stereocenters. The molecule has 0 fully saturated rings. The first-order chi connectivity index (χ1) is 15.8. The molecule has 33 heavy (non-hydrogen) atoms. The van der Waals surface area contributed by atoms with Gasteiger partial charge in [0, 0.05) is 28.9 Å². The van der Waals surface area contributed by atoms with Crippen LogP contribution in [0.4, 0.5) is 11.4 Å². The smallest absolute Gasteiger partial charge is 0.295 e. The number of hydrogen-bond donors (Lipinski definition) is 2. The Morgan fingerprint density at radius 1 is 0.667 bits per heavy atom. The van der Waals surface area contributed by atoms with Crippen LogP contribution in [0.1, 0.15) is 0 Å². The molecule has 0 amide bonds. The SMILES string of the molecule is O=S(=O)(Nc1ccc(NS(=O)(=O)c2cc3ccccc3o2)cc1)c1ccc2c(c1)OCCO2. The van der Waals surface area contributed by atoms with E-state index < -0.39 is 20.0 Å². The summed E-state index contributed by atoms with van der Waals surface area (Å²) in [7, 11) is -7.85. The van der Waals surface area contributed by atoms with Crippen LogP contribution in [-0.2, 0) is 20.0 Å². The van der Waals surface area contributed by atoms with E-state index in [-0.39, 0.29) is 21.4 Å². The van der Waals surface area contributed by atoms with Crippen LogP contribution in [0.15, 0.2) is 87.2 Å². The maximum Gasteiger partial charge on any atom is 0.295 e. The van der Waals surface area contributed by atoms with Crippen molar-refractivity contribution in [3.8, 4) is 11.5 Å². The second-order valence-electron chi connectivity index (χ2n) is 7.20. The highest BCUT2D eigenvalue weighted by atomic mass is 32.2. The first kappa shape index (κ1) is 21.2. The molecule has 170 valence electrons. The van der Waals surface area contributed by atoms with Crippen molar-refractivity contribution in [3.05, 3.63) is 72.8 Å². The van der Waals surface area contributed by atoms with E-state index in [0.29, 0.717) is 35.7 Å². The molecule has 2 heterocycles. The largest absolute Gasteiger partial charge is 0.486 e. The Kier molecular flexibility index (Phi) is 5.14. The number of benzene rings is 3. The van der Waals surface area contributed by atoms with Crippen LogP contribution in [0, 0.1) is 0 Å².